The lowest BCUT2D eigenvalue weighted by Gasteiger charge is -2.12. The van der Waals surface area contributed by atoms with Gasteiger partial charge in [0.15, 0.2) is 0 Å². The molecule has 0 saturated carbocycles. The summed E-state index contributed by atoms with van der Waals surface area (Å²) >= 11 is 0. The number of rotatable bonds is 6. The van der Waals surface area contributed by atoms with Gasteiger partial charge in [-0.1, -0.05) is 30.3 Å². The maximum absolute atomic E-state index is 13.1. The normalized spacial score (nSPS) is 10.5. The van der Waals surface area contributed by atoms with Crippen molar-refractivity contribution in [3.8, 4) is 22.4 Å². The van der Waals surface area contributed by atoms with Gasteiger partial charge in [-0.25, -0.2) is 0 Å². The summed E-state index contributed by atoms with van der Waals surface area (Å²) in [6.07, 6.45) is 4.99. The Kier molecular flexibility index (Phi) is 6.67. The van der Waals surface area contributed by atoms with E-state index < -0.39 is 0 Å². The number of nitrogens with zero attached hydrogens (tertiary/aromatic N) is 2. The van der Waals surface area contributed by atoms with Gasteiger partial charge >= 0.3 is 0 Å². The molecule has 5 rings (SSSR count). The molecule has 0 unspecified atom stereocenters. The number of hydrogen-bond acceptors (Lipinski definition) is 5. The molecule has 4 N–H and O–H groups in total. The number of anilines is 3. The van der Waals surface area contributed by atoms with Crippen molar-refractivity contribution in [2.45, 2.75) is 0 Å². The number of carbonyl (C=O) groups is 2. The van der Waals surface area contributed by atoms with Gasteiger partial charge in [-0.05, 0) is 72.3 Å². The van der Waals surface area contributed by atoms with Crippen molar-refractivity contribution in [3.63, 3.8) is 0 Å². The van der Waals surface area contributed by atoms with Crippen LogP contribution >= 0.6 is 0 Å². The van der Waals surface area contributed by atoms with Crippen LogP contribution in [-0.2, 0) is 0 Å². The molecule has 0 bridgehead atoms. The van der Waals surface area contributed by atoms with Gasteiger partial charge in [-0.15, -0.1) is 0 Å². The summed E-state index contributed by atoms with van der Waals surface area (Å²) in [7, 11) is 0. The van der Waals surface area contributed by atoms with Gasteiger partial charge in [0.25, 0.3) is 11.8 Å². The maximum Gasteiger partial charge on any atom is 0.257 e. The van der Waals surface area contributed by atoms with Crippen LogP contribution < -0.4 is 16.4 Å². The highest BCUT2D eigenvalue weighted by Crippen LogP contribution is 2.31. The third-order valence-corrected chi connectivity index (χ3v) is 5.76. The predicted molar refractivity (Wildman–Crippen MR) is 146 cm³/mol. The molecule has 2 aromatic heterocycles. The molecule has 0 saturated heterocycles. The van der Waals surface area contributed by atoms with Crippen molar-refractivity contribution >= 4 is 28.9 Å². The monoisotopic (exact) mass is 485 g/mol. The van der Waals surface area contributed by atoms with E-state index in [9.17, 15) is 9.59 Å². The fraction of sp³-hybridized carbons (Fsp3) is 0. The van der Waals surface area contributed by atoms with Crippen LogP contribution in [-0.4, -0.2) is 21.8 Å². The van der Waals surface area contributed by atoms with Gasteiger partial charge < -0.3 is 16.4 Å². The molecule has 0 aliphatic heterocycles. The van der Waals surface area contributed by atoms with Crippen LogP contribution in [0.15, 0.2) is 116 Å². The van der Waals surface area contributed by atoms with Crippen LogP contribution in [0.1, 0.15) is 20.7 Å². The Morgan fingerprint density at radius 1 is 0.649 bits per heavy atom. The first-order chi connectivity index (χ1) is 18.1. The van der Waals surface area contributed by atoms with E-state index in [1.807, 2.05) is 48.5 Å². The van der Waals surface area contributed by atoms with E-state index >= 15 is 0 Å². The number of nitrogen functional groups attached to an aromatic ring is 1. The summed E-state index contributed by atoms with van der Waals surface area (Å²) in [6, 6.07) is 29.0. The first kappa shape index (κ1) is 23.4. The summed E-state index contributed by atoms with van der Waals surface area (Å²) < 4.78 is 0. The standard InChI is InChI=1S/C30H23N5O2/c31-24-8-12-26(13-9-24)34-29(36)22-6-10-25(11-7-22)35-30(37)23-18-27(20-14-16-32-17-15-20)28(33-19-23)21-4-2-1-3-5-21/h1-19H,31H2,(H,34,36)(H,35,37). The Morgan fingerprint density at radius 2 is 1.24 bits per heavy atom. The Labute approximate surface area is 214 Å². The van der Waals surface area contributed by atoms with Crippen molar-refractivity contribution in [1.82, 2.24) is 9.97 Å². The lowest BCUT2D eigenvalue weighted by atomic mass is 9.98. The van der Waals surface area contributed by atoms with Gasteiger partial charge in [0.05, 0.1) is 11.3 Å². The van der Waals surface area contributed by atoms with Crippen LogP contribution in [0.25, 0.3) is 22.4 Å². The third kappa shape index (κ3) is 5.52. The highest BCUT2D eigenvalue weighted by Gasteiger charge is 2.15. The van der Waals surface area contributed by atoms with Gasteiger partial charge in [-0.3, -0.25) is 19.6 Å². The average Bonchev–Trinajstić information content (AvgIpc) is 2.95. The summed E-state index contributed by atoms with van der Waals surface area (Å²) in [5, 5.41) is 5.70. The zero-order valence-electron chi connectivity index (χ0n) is 19.8. The van der Waals surface area contributed by atoms with E-state index in [0.29, 0.717) is 28.2 Å². The minimum atomic E-state index is -0.304. The molecule has 0 spiro atoms. The second kappa shape index (κ2) is 10.5. The zero-order chi connectivity index (χ0) is 25.6. The predicted octanol–water partition coefficient (Wildman–Crippen LogP) is 5.90. The molecule has 0 atom stereocenters. The zero-order valence-corrected chi connectivity index (χ0v) is 19.8. The average molecular weight is 486 g/mol. The lowest BCUT2D eigenvalue weighted by molar-refractivity contribution is 0.101. The molecule has 0 aliphatic carbocycles. The Balaban J connectivity index is 1.34. The number of nitrogens with two attached hydrogens (primary N) is 1. The molecule has 2 amide bonds. The van der Waals surface area contributed by atoms with E-state index in [0.717, 1.165) is 22.4 Å². The maximum atomic E-state index is 13.1. The Hall–Kier alpha value is -5.30. The van der Waals surface area contributed by atoms with E-state index in [-0.39, 0.29) is 11.8 Å². The van der Waals surface area contributed by atoms with E-state index in [1.165, 1.54) is 0 Å². The molecule has 5 aromatic rings. The molecule has 7 heteroatoms. The summed E-state index contributed by atoms with van der Waals surface area (Å²) in [5.41, 5.74) is 11.9. The molecule has 180 valence electrons. The lowest BCUT2D eigenvalue weighted by Crippen LogP contribution is -2.14. The first-order valence-electron chi connectivity index (χ1n) is 11.6. The quantitative estimate of drug-likeness (QED) is 0.260. The van der Waals surface area contributed by atoms with Crippen molar-refractivity contribution in [2.75, 3.05) is 16.4 Å². The number of nitrogens with one attached hydrogen (secondary N) is 2. The molecule has 7 nitrogen and oxygen atoms in total. The SMILES string of the molecule is Nc1ccc(NC(=O)c2ccc(NC(=O)c3cnc(-c4ccccc4)c(-c4ccncc4)c3)cc2)cc1. The number of hydrogen-bond donors (Lipinski definition) is 3. The summed E-state index contributed by atoms with van der Waals surface area (Å²) in [5.74, 6) is -0.563. The topological polar surface area (TPSA) is 110 Å². The number of benzene rings is 3. The minimum Gasteiger partial charge on any atom is -0.399 e. The van der Waals surface area contributed by atoms with E-state index in [2.05, 4.69) is 20.6 Å². The molecule has 3 aromatic carbocycles. The molecule has 0 radical (unpaired) electrons. The molecule has 37 heavy (non-hydrogen) atoms. The van der Waals surface area contributed by atoms with Gasteiger partial charge in [0.1, 0.15) is 0 Å². The number of aromatic nitrogens is 2. The minimum absolute atomic E-state index is 0.259. The van der Waals surface area contributed by atoms with Gasteiger partial charge in [-0.2, -0.15) is 0 Å². The number of carbonyl (C=O) groups excluding carboxylic acids is 2. The molecule has 0 fully saturated rings. The summed E-state index contributed by atoms with van der Waals surface area (Å²) in [6.45, 7) is 0. The largest absolute Gasteiger partial charge is 0.399 e. The third-order valence-electron chi connectivity index (χ3n) is 5.76. The smallest absolute Gasteiger partial charge is 0.257 e. The van der Waals surface area contributed by atoms with Crippen molar-refractivity contribution in [3.05, 3.63) is 127 Å². The molecule has 2 heterocycles. The second-order valence-corrected chi connectivity index (χ2v) is 8.33. The molecule has 0 aliphatic rings. The van der Waals surface area contributed by atoms with Crippen LogP contribution in [0.2, 0.25) is 0 Å². The Bertz CT molecular complexity index is 1540. The highest BCUT2D eigenvalue weighted by atomic mass is 16.2. The second-order valence-electron chi connectivity index (χ2n) is 8.33. The first-order valence-corrected chi connectivity index (χ1v) is 11.6. The van der Waals surface area contributed by atoms with Crippen LogP contribution in [0, 0.1) is 0 Å². The van der Waals surface area contributed by atoms with Crippen molar-refractivity contribution < 1.29 is 9.59 Å². The highest BCUT2D eigenvalue weighted by molar-refractivity contribution is 6.07. The molecular formula is C30H23N5O2. The van der Waals surface area contributed by atoms with Crippen LogP contribution in [0.4, 0.5) is 17.1 Å². The van der Waals surface area contributed by atoms with Crippen molar-refractivity contribution in [2.24, 2.45) is 0 Å². The van der Waals surface area contributed by atoms with Crippen LogP contribution in [0.3, 0.4) is 0 Å². The van der Waals surface area contributed by atoms with Crippen LogP contribution in [0.5, 0.6) is 0 Å². The summed E-state index contributed by atoms with van der Waals surface area (Å²) in [4.78, 5) is 34.3. The van der Waals surface area contributed by atoms with Gasteiger partial charge in [0.2, 0.25) is 0 Å². The number of pyridine rings is 2. The van der Waals surface area contributed by atoms with E-state index in [1.54, 1.807) is 67.1 Å². The Morgan fingerprint density at radius 3 is 1.89 bits per heavy atom. The van der Waals surface area contributed by atoms with Crippen molar-refractivity contribution in [1.29, 1.82) is 0 Å². The number of amides is 2. The molecular weight excluding hydrogens is 462 g/mol. The fourth-order valence-electron chi connectivity index (χ4n) is 3.84. The van der Waals surface area contributed by atoms with Gasteiger partial charge in [0, 0.05) is 52.3 Å². The fourth-order valence-corrected chi connectivity index (χ4v) is 3.84. The van der Waals surface area contributed by atoms with E-state index in [4.69, 9.17) is 5.73 Å².